The summed E-state index contributed by atoms with van der Waals surface area (Å²) in [6, 6.07) is 3.61. The van der Waals surface area contributed by atoms with Crippen LogP contribution in [-0.2, 0) is 11.3 Å². The van der Waals surface area contributed by atoms with E-state index < -0.39 is 0 Å². The van der Waals surface area contributed by atoms with E-state index in [0.717, 1.165) is 5.56 Å². The lowest BCUT2D eigenvalue weighted by Crippen LogP contribution is -2.34. The van der Waals surface area contributed by atoms with Crippen LogP contribution in [0.15, 0.2) is 16.6 Å². The number of hydrogen-bond acceptors (Lipinski definition) is 4. The van der Waals surface area contributed by atoms with Crippen molar-refractivity contribution in [3.05, 3.63) is 22.2 Å². The van der Waals surface area contributed by atoms with E-state index in [9.17, 15) is 9.90 Å². The van der Waals surface area contributed by atoms with Crippen LogP contribution in [0.3, 0.4) is 0 Å². The van der Waals surface area contributed by atoms with E-state index in [2.05, 4.69) is 26.6 Å². The average molecular weight is 345 g/mol. The highest BCUT2D eigenvalue weighted by Crippen LogP contribution is 2.35. The molecular formula is C14H21BrN2O3. The molecule has 5 nitrogen and oxygen atoms in total. The first-order chi connectivity index (χ1) is 9.45. The molecule has 20 heavy (non-hydrogen) atoms. The first-order valence-corrected chi connectivity index (χ1v) is 7.28. The molecule has 112 valence electrons. The van der Waals surface area contributed by atoms with Gasteiger partial charge in [-0.05, 0) is 33.6 Å². The van der Waals surface area contributed by atoms with Gasteiger partial charge < -0.3 is 20.5 Å². The van der Waals surface area contributed by atoms with Crippen molar-refractivity contribution < 1.29 is 14.6 Å². The van der Waals surface area contributed by atoms with Gasteiger partial charge in [-0.3, -0.25) is 4.79 Å². The van der Waals surface area contributed by atoms with E-state index in [1.54, 1.807) is 6.07 Å². The van der Waals surface area contributed by atoms with Crippen LogP contribution in [-0.4, -0.2) is 31.2 Å². The zero-order chi connectivity index (χ0) is 15.1. The molecule has 0 spiro atoms. The number of aromatic hydroxyl groups is 1. The number of amides is 1. The molecule has 1 aromatic carbocycles. The maximum atomic E-state index is 11.4. The number of benzene rings is 1. The number of hydrogen-bond donors (Lipinski definition) is 3. The summed E-state index contributed by atoms with van der Waals surface area (Å²) in [4.78, 5) is 11.4. The molecule has 0 aliphatic heterocycles. The highest BCUT2D eigenvalue weighted by atomic mass is 79.9. The quantitative estimate of drug-likeness (QED) is 0.662. The molecule has 0 unspecified atom stereocenters. The maximum absolute atomic E-state index is 11.4. The third-order valence-electron chi connectivity index (χ3n) is 2.76. The monoisotopic (exact) mass is 344 g/mol. The molecule has 0 atom stereocenters. The zero-order valence-corrected chi connectivity index (χ0v) is 13.6. The lowest BCUT2D eigenvalue weighted by atomic mass is 10.2. The minimum absolute atomic E-state index is 0.00677. The van der Waals surface area contributed by atoms with Gasteiger partial charge in [-0.15, -0.1) is 0 Å². The molecule has 3 N–H and O–H groups in total. The number of phenols is 1. The van der Waals surface area contributed by atoms with Crippen LogP contribution in [0.25, 0.3) is 0 Å². The summed E-state index contributed by atoms with van der Waals surface area (Å²) in [7, 11) is 1.51. The molecule has 0 aromatic heterocycles. The summed E-state index contributed by atoms with van der Waals surface area (Å²) in [6.07, 6.45) is 0. The third kappa shape index (κ3) is 5.02. The fourth-order valence-electron chi connectivity index (χ4n) is 1.60. The van der Waals surface area contributed by atoms with Crippen LogP contribution in [0.2, 0.25) is 0 Å². The van der Waals surface area contributed by atoms with Gasteiger partial charge >= 0.3 is 0 Å². The normalized spacial score (nSPS) is 10.7. The Kier molecular flexibility index (Phi) is 6.81. The van der Waals surface area contributed by atoms with Crippen LogP contribution >= 0.6 is 15.9 Å². The molecule has 1 rings (SSSR count). The number of halogens is 1. The van der Waals surface area contributed by atoms with E-state index in [1.807, 2.05) is 19.9 Å². The minimum atomic E-state index is 0.00677. The van der Waals surface area contributed by atoms with Gasteiger partial charge in [-0.25, -0.2) is 0 Å². The summed E-state index contributed by atoms with van der Waals surface area (Å²) < 4.78 is 5.69. The van der Waals surface area contributed by atoms with E-state index in [4.69, 9.17) is 4.74 Å². The number of ether oxygens (including phenoxy) is 1. The van der Waals surface area contributed by atoms with Crippen molar-refractivity contribution in [3.63, 3.8) is 0 Å². The van der Waals surface area contributed by atoms with E-state index in [0.29, 0.717) is 29.9 Å². The topological polar surface area (TPSA) is 70.6 Å². The number of nitrogens with one attached hydrogen (secondary N) is 2. The van der Waals surface area contributed by atoms with Crippen LogP contribution in [0.4, 0.5) is 0 Å². The summed E-state index contributed by atoms with van der Waals surface area (Å²) in [6.45, 7) is 5.63. The van der Waals surface area contributed by atoms with E-state index >= 15 is 0 Å². The molecule has 0 saturated heterocycles. The summed E-state index contributed by atoms with van der Waals surface area (Å²) in [5.74, 6) is 0.595. The largest absolute Gasteiger partial charge is 0.503 e. The first kappa shape index (κ1) is 16.8. The van der Waals surface area contributed by atoms with Crippen LogP contribution in [0.1, 0.15) is 19.4 Å². The van der Waals surface area contributed by atoms with Crippen molar-refractivity contribution in [1.82, 2.24) is 10.6 Å². The van der Waals surface area contributed by atoms with Gasteiger partial charge in [0.1, 0.15) is 0 Å². The fraction of sp³-hybridized carbons (Fsp3) is 0.500. The van der Waals surface area contributed by atoms with Crippen LogP contribution < -0.4 is 15.4 Å². The maximum Gasteiger partial charge on any atom is 0.222 e. The molecule has 0 fully saturated rings. The molecule has 0 aliphatic rings. The van der Waals surface area contributed by atoms with E-state index in [-0.39, 0.29) is 17.6 Å². The molecule has 1 amide bonds. The Morgan fingerprint density at radius 1 is 1.40 bits per heavy atom. The molecule has 0 aliphatic carbocycles. The van der Waals surface area contributed by atoms with Crippen molar-refractivity contribution in [1.29, 1.82) is 0 Å². The van der Waals surface area contributed by atoms with Gasteiger partial charge in [0.05, 0.1) is 11.6 Å². The van der Waals surface area contributed by atoms with E-state index in [1.165, 1.54) is 7.11 Å². The van der Waals surface area contributed by atoms with Gasteiger partial charge in [0, 0.05) is 25.6 Å². The predicted octanol–water partition coefficient (Wildman–Crippen LogP) is 2.03. The molecular weight excluding hydrogens is 324 g/mol. The summed E-state index contributed by atoms with van der Waals surface area (Å²) >= 11 is 3.28. The second-order valence-corrected chi connectivity index (χ2v) is 5.61. The average Bonchev–Trinajstić information content (AvgIpc) is 2.41. The SMILES string of the molecule is COc1cc(CNCCNC(=O)C(C)C)cc(Br)c1O. The lowest BCUT2D eigenvalue weighted by Gasteiger charge is -2.11. The minimum Gasteiger partial charge on any atom is -0.503 e. The number of phenolic OH excluding ortho intramolecular Hbond substituents is 1. The molecule has 0 bridgehead atoms. The van der Waals surface area contributed by atoms with Gasteiger partial charge in [-0.2, -0.15) is 0 Å². The Morgan fingerprint density at radius 2 is 2.10 bits per heavy atom. The van der Waals surface area contributed by atoms with Crippen LogP contribution in [0.5, 0.6) is 11.5 Å². The molecule has 0 saturated carbocycles. The number of rotatable bonds is 7. The molecule has 1 aromatic rings. The Labute approximate surface area is 127 Å². The predicted molar refractivity (Wildman–Crippen MR) is 81.9 cm³/mol. The molecule has 6 heteroatoms. The smallest absolute Gasteiger partial charge is 0.222 e. The zero-order valence-electron chi connectivity index (χ0n) is 12.0. The fourth-order valence-corrected chi connectivity index (χ4v) is 2.09. The van der Waals surface area contributed by atoms with Crippen LogP contribution in [0, 0.1) is 5.92 Å². The number of carbonyl (C=O) groups excluding carboxylic acids is 1. The number of carbonyl (C=O) groups is 1. The standard InChI is InChI=1S/C14H21BrN2O3/c1-9(2)14(19)17-5-4-16-8-10-6-11(15)13(18)12(7-10)20-3/h6-7,9,16,18H,4-5,8H2,1-3H3,(H,17,19). The first-order valence-electron chi connectivity index (χ1n) is 6.49. The summed E-state index contributed by atoms with van der Waals surface area (Å²) in [5.41, 5.74) is 0.988. The second-order valence-electron chi connectivity index (χ2n) is 4.75. The van der Waals surface area contributed by atoms with Gasteiger partial charge in [0.2, 0.25) is 5.91 Å². The van der Waals surface area contributed by atoms with Gasteiger partial charge in [0.25, 0.3) is 0 Å². The van der Waals surface area contributed by atoms with Gasteiger partial charge in [0.15, 0.2) is 11.5 Å². The Hall–Kier alpha value is -1.27. The lowest BCUT2D eigenvalue weighted by molar-refractivity contribution is -0.123. The highest BCUT2D eigenvalue weighted by Gasteiger charge is 2.08. The Balaban J connectivity index is 2.39. The number of methoxy groups -OCH3 is 1. The second kappa shape index (κ2) is 8.11. The van der Waals surface area contributed by atoms with Crippen molar-refractivity contribution in [2.45, 2.75) is 20.4 Å². The highest BCUT2D eigenvalue weighted by molar-refractivity contribution is 9.10. The van der Waals surface area contributed by atoms with Crippen molar-refractivity contribution >= 4 is 21.8 Å². The Morgan fingerprint density at radius 3 is 2.70 bits per heavy atom. The van der Waals surface area contributed by atoms with Crippen molar-refractivity contribution in [2.75, 3.05) is 20.2 Å². The van der Waals surface area contributed by atoms with Crippen molar-refractivity contribution in [3.8, 4) is 11.5 Å². The molecule has 0 radical (unpaired) electrons. The summed E-state index contributed by atoms with van der Waals surface area (Å²) in [5, 5.41) is 15.8. The van der Waals surface area contributed by atoms with Gasteiger partial charge in [-0.1, -0.05) is 13.8 Å². The Bertz CT molecular complexity index is 464. The van der Waals surface area contributed by atoms with Crippen molar-refractivity contribution in [2.24, 2.45) is 5.92 Å². The molecule has 0 heterocycles. The third-order valence-corrected chi connectivity index (χ3v) is 3.37.